The van der Waals surface area contributed by atoms with E-state index < -0.39 is 5.41 Å². The Balaban J connectivity index is 1.93. The van der Waals surface area contributed by atoms with Gasteiger partial charge in [0.05, 0.1) is 11.5 Å². The van der Waals surface area contributed by atoms with Crippen molar-refractivity contribution in [3.05, 3.63) is 70.5 Å². The molecular weight excluding hydrogens is 261 g/mol. The van der Waals surface area contributed by atoms with Crippen LogP contribution in [-0.2, 0) is 19.3 Å². The summed E-state index contributed by atoms with van der Waals surface area (Å²) in [6, 6.07) is 15.7. The maximum absolute atomic E-state index is 13.5. The van der Waals surface area contributed by atoms with Gasteiger partial charge in [0, 0.05) is 0 Å². The molecule has 2 aromatic rings. The van der Waals surface area contributed by atoms with Crippen molar-refractivity contribution in [3.63, 3.8) is 0 Å². The molecule has 0 spiro atoms. The van der Waals surface area contributed by atoms with E-state index in [2.05, 4.69) is 24.3 Å². The molecule has 1 unspecified atom stereocenters. The highest BCUT2D eigenvalue weighted by Crippen LogP contribution is 2.38. The predicted octanol–water partition coefficient (Wildman–Crippen LogP) is 4.38. The van der Waals surface area contributed by atoms with Crippen molar-refractivity contribution in [2.24, 2.45) is 5.41 Å². The molecule has 1 aliphatic carbocycles. The van der Waals surface area contributed by atoms with E-state index in [0.29, 0.717) is 6.42 Å². The smallest absolute Gasteiger partial charge is 0.123 e. The standard InChI is InChI=1S/C19H18FN/c1-14-6-7-18(20)10-17(14)12-19(13-21)9-8-15-4-2-3-5-16(15)11-19/h2-7,10H,8-9,11-12H2,1H3. The normalized spacial score (nSPS) is 20.6. The van der Waals surface area contributed by atoms with Gasteiger partial charge in [0.25, 0.3) is 0 Å². The highest BCUT2D eigenvalue weighted by molar-refractivity contribution is 5.35. The third-order valence-electron chi connectivity index (χ3n) is 4.60. The van der Waals surface area contributed by atoms with E-state index >= 15 is 0 Å². The second-order valence-corrected chi connectivity index (χ2v) is 6.09. The van der Waals surface area contributed by atoms with Crippen molar-refractivity contribution >= 4 is 0 Å². The lowest BCUT2D eigenvalue weighted by Gasteiger charge is -2.32. The first-order chi connectivity index (χ1) is 10.1. The van der Waals surface area contributed by atoms with Gasteiger partial charge in [0.1, 0.15) is 5.82 Å². The van der Waals surface area contributed by atoms with E-state index in [1.54, 1.807) is 12.1 Å². The van der Waals surface area contributed by atoms with Crippen molar-refractivity contribution in [2.75, 3.05) is 0 Å². The summed E-state index contributed by atoms with van der Waals surface area (Å²) in [5.74, 6) is -0.222. The number of halogens is 1. The second-order valence-electron chi connectivity index (χ2n) is 6.09. The van der Waals surface area contributed by atoms with Crippen molar-refractivity contribution in [1.82, 2.24) is 0 Å². The lowest BCUT2D eigenvalue weighted by molar-refractivity contribution is 0.338. The lowest BCUT2D eigenvalue weighted by atomic mass is 9.69. The van der Waals surface area contributed by atoms with Gasteiger partial charge in [-0.3, -0.25) is 0 Å². The Morgan fingerprint density at radius 3 is 2.71 bits per heavy atom. The molecule has 0 amide bonds. The monoisotopic (exact) mass is 279 g/mol. The number of nitriles is 1. The van der Waals surface area contributed by atoms with Gasteiger partial charge in [-0.25, -0.2) is 4.39 Å². The molecule has 0 heterocycles. The number of hydrogen-bond donors (Lipinski definition) is 0. The van der Waals surface area contributed by atoms with Crippen molar-refractivity contribution < 1.29 is 4.39 Å². The molecular formula is C19H18FN. The molecule has 0 aliphatic heterocycles. The van der Waals surface area contributed by atoms with Crippen LogP contribution < -0.4 is 0 Å². The third kappa shape index (κ3) is 2.69. The van der Waals surface area contributed by atoms with Crippen LogP contribution in [0.4, 0.5) is 4.39 Å². The van der Waals surface area contributed by atoms with E-state index in [1.165, 1.54) is 17.2 Å². The molecule has 0 saturated carbocycles. The number of rotatable bonds is 2. The average Bonchev–Trinajstić information content (AvgIpc) is 2.51. The fraction of sp³-hybridized carbons (Fsp3) is 0.316. The van der Waals surface area contributed by atoms with Crippen LogP contribution in [0.1, 0.15) is 28.7 Å². The van der Waals surface area contributed by atoms with Crippen LogP contribution in [0.15, 0.2) is 42.5 Å². The summed E-state index contributed by atoms with van der Waals surface area (Å²) in [6.45, 7) is 1.98. The number of aryl methyl sites for hydroxylation is 2. The van der Waals surface area contributed by atoms with Crippen LogP contribution in [0.3, 0.4) is 0 Å². The topological polar surface area (TPSA) is 23.8 Å². The van der Waals surface area contributed by atoms with Crippen molar-refractivity contribution in [1.29, 1.82) is 5.26 Å². The average molecular weight is 279 g/mol. The van der Waals surface area contributed by atoms with E-state index in [0.717, 1.165) is 30.4 Å². The first kappa shape index (κ1) is 13.8. The van der Waals surface area contributed by atoms with Crippen molar-refractivity contribution in [3.8, 4) is 6.07 Å². The molecule has 0 N–H and O–H groups in total. The summed E-state index contributed by atoms with van der Waals surface area (Å²) < 4.78 is 13.5. The fourth-order valence-corrected chi connectivity index (χ4v) is 3.28. The molecule has 0 aromatic heterocycles. The second kappa shape index (κ2) is 5.33. The van der Waals surface area contributed by atoms with E-state index in [1.807, 2.05) is 13.0 Å². The molecule has 21 heavy (non-hydrogen) atoms. The highest BCUT2D eigenvalue weighted by atomic mass is 19.1. The quantitative estimate of drug-likeness (QED) is 0.800. The summed E-state index contributed by atoms with van der Waals surface area (Å²) >= 11 is 0. The number of hydrogen-bond acceptors (Lipinski definition) is 1. The van der Waals surface area contributed by atoms with Crippen LogP contribution in [0.5, 0.6) is 0 Å². The highest BCUT2D eigenvalue weighted by Gasteiger charge is 2.35. The van der Waals surface area contributed by atoms with Crippen LogP contribution in [0.25, 0.3) is 0 Å². The Morgan fingerprint density at radius 1 is 1.19 bits per heavy atom. The third-order valence-corrected chi connectivity index (χ3v) is 4.60. The molecule has 1 aliphatic rings. The summed E-state index contributed by atoms with van der Waals surface area (Å²) in [4.78, 5) is 0. The van der Waals surface area contributed by atoms with Crippen LogP contribution in [0, 0.1) is 29.5 Å². The summed E-state index contributed by atoms with van der Waals surface area (Å²) in [6.07, 6.45) is 3.16. The number of fused-ring (bicyclic) bond motifs is 1. The van der Waals surface area contributed by atoms with Gasteiger partial charge >= 0.3 is 0 Å². The van der Waals surface area contributed by atoms with Gasteiger partial charge in [-0.1, -0.05) is 30.3 Å². The molecule has 2 aromatic carbocycles. The van der Waals surface area contributed by atoms with E-state index in [9.17, 15) is 9.65 Å². The molecule has 1 nitrogen and oxygen atoms in total. The van der Waals surface area contributed by atoms with Crippen LogP contribution in [-0.4, -0.2) is 0 Å². The maximum Gasteiger partial charge on any atom is 0.123 e. The summed E-state index contributed by atoms with van der Waals surface area (Å²) in [7, 11) is 0. The van der Waals surface area contributed by atoms with Gasteiger partial charge in [-0.05, 0) is 67.0 Å². The van der Waals surface area contributed by atoms with Crippen LogP contribution >= 0.6 is 0 Å². The molecule has 1 atom stereocenters. The molecule has 2 heteroatoms. The first-order valence-corrected chi connectivity index (χ1v) is 7.35. The Kier molecular flexibility index (Phi) is 3.51. The SMILES string of the molecule is Cc1ccc(F)cc1CC1(C#N)CCc2ccccc2C1. The largest absolute Gasteiger partial charge is 0.207 e. The minimum Gasteiger partial charge on any atom is -0.207 e. The Hall–Kier alpha value is -2.14. The predicted molar refractivity (Wildman–Crippen MR) is 81.4 cm³/mol. The minimum atomic E-state index is -0.410. The minimum absolute atomic E-state index is 0.222. The Morgan fingerprint density at radius 2 is 1.95 bits per heavy atom. The van der Waals surface area contributed by atoms with Gasteiger partial charge in [-0.2, -0.15) is 5.26 Å². The zero-order valence-electron chi connectivity index (χ0n) is 12.2. The van der Waals surface area contributed by atoms with Gasteiger partial charge < -0.3 is 0 Å². The van der Waals surface area contributed by atoms with E-state index in [4.69, 9.17) is 0 Å². The van der Waals surface area contributed by atoms with Crippen molar-refractivity contribution in [2.45, 2.75) is 32.6 Å². The summed E-state index contributed by atoms with van der Waals surface area (Å²) in [5.41, 5.74) is 4.21. The zero-order chi connectivity index (χ0) is 14.9. The number of nitrogens with zero attached hydrogens (tertiary/aromatic N) is 1. The maximum atomic E-state index is 13.5. The summed E-state index contributed by atoms with van der Waals surface area (Å²) in [5, 5.41) is 9.74. The van der Waals surface area contributed by atoms with E-state index in [-0.39, 0.29) is 5.82 Å². The molecule has 0 radical (unpaired) electrons. The first-order valence-electron chi connectivity index (χ1n) is 7.35. The molecule has 0 fully saturated rings. The van der Waals surface area contributed by atoms with Gasteiger partial charge in [-0.15, -0.1) is 0 Å². The zero-order valence-corrected chi connectivity index (χ0v) is 12.2. The molecule has 0 saturated heterocycles. The lowest BCUT2D eigenvalue weighted by Crippen LogP contribution is -2.30. The fourth-order valence-electron chi connectivity index (χ4n) is 3.28. The molecule has 3 rings (SSSR count). The van der Waals surface area contributed by atoms with Gasteiger partial charge in [0.15, 0.2) is 0 Å². The van der Waals surface area contributed by atoms with Gasteiger partial charge in [0.2, 0.25) is 0 Å². The van der Waals surface area contributed by atoms with Crippen LogP contribution in [0.2, 0.25) is 0 Å². The number of benzene rings is 2. The Bertz CT molecular complexity index is 714. The Labute approximate surface area is 125 Å². The molecule has 106 valence electrons. The molecule has 0 bridgehead atoms.